The molecule has 1 fully saturated rings. The van der Waals surface area contributed by atoms with Gasteiger partial charge in [0.15, 0.2) is 5.69 Å². The lowest BCUT2D eigenvalue weighted by Crippen LogP contribution is -2.24. The van der Waals surface area contributed by atoms with Crippen molar-refractivity contribution in [2.24, 2.45) is 0 Å². The number of nitrogens with one attached hydrogen (secondary N) is 1. The lowest BCUT2D eigenvalue weighted by atomic mass is 10.1. The number of hydrogen-bond acceptors (Lipinski definition) is 5. The van der Waals surface area contributed by atoms with E-state index in [0.29, 0.717) is 23.5 Å². The molecule has 0 bridgehead atoms. The third kappa shape index (κ3) is 4.21. The molecule has 7 nitrogen and oxygen atoms in total. The maximum absolute atomic E-state index is 12.2. The number of amides is 2. The molecule has 0 radical (unpaired) electrons. The number of thiazole rings is 1. The number of benzene rings is 1. The zero-order valence-electron chi connectivity index (χ0n) is 13.4. The molecule has 1 aliphatic heterocycles. The van der Waals surface area contributed by atoms with Crippen molar-refractivity contribution in [2.45, 2.75) is 25.9 Å². The van der Waals surface area contributed by atoms with Crippen molar-refractivity contribution in [1.82, 2.24) is 15.2 Å². The maximum atomic E-state index is 12.2. The highest BCUT2D eigenvalue weighted by atomic mass is 32.1. The minimum Gasteiger partial charge on any atom is -0.476 e. The van der Waals surface area contributed by atoms with E-state index in [1.807, 2.05) is 17.0 Å². The van der Waals surface area contributed by atoms with Crippen LogP contribution < -0.4 is 5.32 Å². The molecule has 2 amide bonds. The Balaban J connectivity index is 1.54. The highest BCUT2D eigenvalue weighted by Gasteiger charge is 2.20. The standard InChI is InChI=1S/C17H17N3O4S/c21-15-2-1-7-20(15)9-11-3-5-12(6-4-11)16(22)18-8-14-19-13(10-25-14)17(23)24/h3-6,10H,1-2,7-9H2,(H,18,22)(H,23,24). The Kier molecular flexibility index (Phi) is 5.08. The second kappa shape index (κ2) is 7.43. The number of aromatic nitrogens is 1. The van der Waals surface area contributed by atoms with Gasteiger partial charge < -0.3 is 15.3 Å². The number of carbonyl (C=O) groups is 3. The second-order valence-electron chi connectivity index (χ2n) is 5.73. The fourth-order valence-corrected chi connectivity index (χ4v) is 3.31. The van der Waals surface area contributed by atoms with Crippen LogP contribution in [0.4, 0.5) is 0 Å². The number of carbonyl (C=O) groups excluding carboxylic acids is 2. The van der Waals surface area contributed by atoms with Gasteiger partial charge in [-0.15, -0.1) is 11.3 Å². The van der Waals surface area contributed by atoms with Crippen LogP contribution in [0.5, 0.6) is 0 Å². The first-order valence-electron chi connectivity index (χ1n) is 7.85. The number of nitrogens with zero attached hydrogens (tertiary/aromatic N) is 2. The van der Waals surface area contributed by atoms with Crippen LogP contribution in [-0.4, -0.2) is 39.3 Å². The zero-order chi connectivity index (χ0) is 17.8. The number of hydrogen-bond donors (Lipinski definition) is 2. The summed E-state index contributed by atoms with van der Waals surface area (Å²) in [5.41, 5.74) is 1.47. The summed E-state index contributed by atoms with van der Waals surface area (Å²) in [4.78, 5) is 40.3. The number of rotatable bonds is 6. The van der Waals surface area contributed by atoms with Crippen LogP contribution in [0.25, 0.3) is 0 Å². The third-order valence-corrected chi connectivity index (χ3v) is 4.78. The number of likely N-dealkylation sites (tertiary alicyclic amines) is 1. The molecule has 25 heavy (non-hydrogen) atoms. The summed E-state index contributed by atoms with van der Waals surface area (Å²) >= 11 is 1.19. The fraction of sp³-hybridized carbons (Fsp3) is 0.294. The maximum Gasteiger partial charge on any atom is 0.355 e. The normalized spacial score (nSPS) is 13.9. The highest BCUT2D eigenvalue weighted by Crippen LogP contribution is 2.15. The molecule has 2 N–H and O–H groups in total. The van der Waals surface area contributed by atoms with Crippen LogP contribution in [0.1, 0.15) is 44.3 Å². The van der Waals surface area contributed by atoms with Crippen LogP contribution in [0.2, 0.25) is 0 Å². The molecule has 1 aliphatic rings. The molecular formula is C17H17N3O4S. The van der Waals surface area contributed by atoms with Gasteiger partial charge in [0, 0.05) is 30.5 Å². The Labute approximate surface area is 148 Å². The molecule has 1 aromatic heterocycles. The van der Waals surface area contributed by atoms with Gasteiger partial charge in [-0.25, -0.2) is 9.78 Å². The van der Waals surface area contributed by atoms with E-state index < -0.39 is 5.97 Å². The molecular weight excluding hydrogens is 342 g/mol. The quantitative estimate of drug-likeness (QED) is 0.820. The van der Waals surface area contributed by atoms with Crippen LogP contribution in [-0.2, 0) is 17.9 Å². The lowest BCUT2D eigenvalue weighted by molar-refractivity contribution is -0.128. The van der Waals surface area contributed by atoms with Gasteiger partial charge in [-0.2, -0.15) is 0 Å². The van der Waals surface area contributed by atoms with Crippen LogP contribution in [0.15, 0.2) is 29.6 Å². The van der Waals surface area contributed by atoms with Crippen molar-refractivity contribution >= 4 is 29.1 Å². The first kappa shape index (κ1) is 17.1. The summed E-state index contributed by atoms with van der Waals surface area (Å²) in [7, 11) is 0. The highest BCUT2D eigenvalue weighted by molar-refractivity contribution is 7.09. The van der Waals surface area contributed by atoms with Crippen molar-refractivity contribution in [3.63, 3.8) is 0 Å². The van der Waals surface area contributed by atoms with Gasteiger partial charge in [-0.3, -0.25) is 9.59 Å². The van der Waals surface area contributed by atoms with E-state index in [0.717, 1.165) is 18.5 Å². The summed E-state index contributed by atoms with van der Waals surface area (Å²) < 4.78 is 0. The predicted molar refractivity (Wildman–Crippen MR) is 91.3 cm³/mol. The number of carboxylic acid groups (broad SMARTS) is 1. The predicted octanol–water partition coefficient (Wildman–Crippen LogP) is 1.89. The van der Waals surface area contributed by atoms with Gasteiger partial charge in [0.1, 0.15) is 5.01 Å². The molecule has 0 atom stereocenters. The smallest absolute Gasteiger partial charge is 0.355 e. The summed E-state index contributed by atoms with van der Waals surface area (Å²) in [6.07, 6.45) is 1.51. The second-order valence-corrected chi connectivity index (χ2v) is 6.67. The van der Waals surface area contributed by atoms with E-state index in [1.54, 1.807) is 12.1 Å². The summed E-state index contributed by atoms with van der Waals surface area (Å²) in [6.45, 7) is 1.53. The molecule has 1 aromatic carbocycles. The van der Waals surface area contributed by atoms with Crippen LogP contribution in [0.3, 0.4) is 0 Å². The molecule has 0 saturated carbocycles. The fourth-order valence-electron chi connectivity index (χ4n) is 2.60. The first-order chi connectivity index (χ1) is 12.0. The Bertz CT molecular complexity index is 800. The minimum atomic E-state index is -1.08. The van der Waals surface area contributed by atoms with Gasteiger partial charge >= 0.3 is 5.97 Å². The summed E-state index contributed by atoms with van der Waals surface area (Å²) in [6, 6.07) is 7.12. The van der Waals surface area contributed by atoms with Crippen molar-refractivity contribution < 1.29 is 19.5 Å². The Morgan fingerprint density at radius 1 is 1.28 bits per heavy atom. The lowest BCUT2D eigenvalue weighted by Gasteiger charge is -2.15. The zero-order valence-corrected chi connectivity index (χ0v) is 14.2. The van der Waals surface area contributed by atoms with E-state index in [-0.39, 0.29) is 24.1 Å². The average molecular weight is 359 g/mol. The minimum absolute atomic E-state index is 0.0185. The third-order valence-electron chi connectivity index (χ3n) is 3.93. The van der Waals surface area contributed by atoms with Gasteiger partial charge in [-0.05, 0) is 24.1 Å². The summed E-state index contributed by atoms with van der Waals surface area (Å²) in [5, 5.41) is 13.5. The summed E-state index contributed by atoms with van der Waals surface area (Å²) in [5.74, 6) is -1.16. The Morgan fingerprint density at radius 2 is 2.04 bits per heavy atom. The van der Waals surface area contributed by atoms with Crippen molar-refractivity contribution in [3.8, 4) is 0 Å². The molecule has 0 spiro atoms. The molecule has 1 saturated heterocycles. The Morgan fingerprint density at radius 3 is 2.64 bits per heavy atom. The monoisotopic (exact) mass is 359 g/mol. The van der Waals surface area contributed by atoms with Crippen molar-refractivity contribution in [3.05, 3.63) is 51.5 Å². The van der Waals surface area contributed by atoms with Crippen molar-refractivity contribution in [1.29, 1.82) is 0 Å². The van der Waals surface area contributed by atoms with Gasteiger partial charge in [-0.1, -0.05) is 12.1 Å². The van der Waals surface area contributed by atoms with E-state index >= 15 is 0 Å². The van der Waals surface area contributed by atoms with Gasteiger partial charge in [0.05, 0.1) is 6.54 Å². The largest absolute Gasteiger partial charge is 0.476 e. The average Bonchev–Trinajstić information content (AvgIpc) is 3.23. The van der Waals surface area contributed by atoms with Crippen LogP contribution in [0, 0.1) is 0 Å². The van der Waals surface area contributed by atoms with E-state index in [4.69, 9.17) is 5.11 Å². The molecule has 2 aromatic rings. The van der Waals surface area contributed by atoms with Crippen molar-refractivity contribution in [2.75, 3.05) is 6.54 Å². The topological polar surface area (TPSA) is 99.6 Å². The molecule has 2 heterocycles. The van der Waals surface area contributed by atoms with Gasteiger partial charge in [0.25, 0.3) is 5.91 Å². The number of carboxylic acids is 1. The van der Waals surface area contributed by atoms with E-state index in [1.165, 1.54) is 16.7 Å². The molecule has 0 aliphatic carbocycles. The molecule has 130 valence electrons. The first-order valence-corrected chi connectivity index (χ1v) is 8.73. The van der Waals surface area contributed by atoms with Crippen LogP contribution >= 0.6 is 11.3 Å². The molecule has 0 unspecified atom stereocenters. The van der Waals surface area contributed by atoms with E-state index in [9.17, 15) is 14.4 Å². The van der Waals surface area contributed by atoms with E-state index in [2.05, 4.69) is 10.3 Å². The molecule has 3 rings (SSSR count). The molecule has 8 heteroatoms. The Hall–Kier alpha value is -2.74. The SMILES string of the molecule is O=C(NCc1nc(C(=O)O)cs1)c1ccc(CN2CCCC2=O)cc1. The van der Waals surface area contributed by atoms with Gasteiger partial charge in [0.2, 0.25) is 5.91 Å². The number of aromatic carboxylic acids is 1.